The third-order valence-electron chi connectivity index (χ3n) is 21.8. The summed E-state index contributed by atoms with van der Waals surface area (Å²) in [5, 5.41) is 5.03. The third kappa shape index (κ3) is 9.43. The van der Waals surface area contributed by atoms with E-state index in [4.69, 9.17) is 0 Å². The lowest BCUT2D eigenvalue weighted by atomic mass is 9.81. The Hall–Kier alpha value is -12.5. The van der Waals surface area contributed by atoms with E-state index in [1.54, 1.807) is 0 Å². The van der Waals surface area contributed by atoms with Gasteiger partial charge in [0.25, 0.3) is 0 Å². The SMILES string of the molecule is CC1(C)c2ccccc2-c2ccc(N(c3ccc(-c4ccc(-c5ccccc5-c5ccc6c(c5)C(C)(C)c5cc(N(c7ccc(-c8ccccc8)cc7)c7ccc(-n8c9ccccc9c9ccccc98)cc7)ccc5-6)cc4)cc3)c3ccc(-n4c5ccccc5c5ccccc54)cc3)cc21. The van der Waals surface area contributed by atoms with Crippen molar-refractivity contribution in [1.29, 1.82) is 0 Å². The molecule has 2 aromatic heterocycles. The smallest absolute Gasteiger partial charge is 0.0541 e. The first-order valence-electron chi connectivity index (χ1n) is 34.9. The number of benzene rings is 15. The average molecular weight is 1280 g/mol. The first-order valence-corrected chi connectivity index (χ1v) is 34.9. The molecule has 0 fully saturated rings. The molecule has 0 amide bonds. The van der Waals surface area contributed by atoms with Gasteiger partial charge in [-0.2, -0.15) is 0 Å². The summed E-state index contributed by atoms with van der Waals surface area (Å²) in [5.74, 6) is 0. The van der Waals surface area contributed by atoms with Crippen LogP contribution in [0.4, 0.5) is 34.1 Å². The van der Waals surface area contributed by atoms with Crippen molar-refractivity contribution in [3.8, 4) is 78.1 Å². The molecule has 0 saturated heterocycles. The zero-order chi connectivity index (χ0) is 66.8. The highest BCUT2D eigenvalue weighted by Gasteiger charge is 2.38. The molecule has 0 spiro atoms. The monoisotopic (exact) mass is 1280 g/mol. The fourth-order valence-corrected chi connectivity index (χ4v) is 16.7. The van der Waals surface area contributed by atoms with Crippen molar-refractivity contribution in [3.05, 3.63) is 374 Å². The van der Waals surface area contributed by atoms with Gasteiger partial charge in [0.2, 0.25) is 0 Å². The quantitative estimate of drug-likeness (QED) is 0.121. The highest BCUT2D eigenvalue weighted by atomic mass is 15.1. The molecular formula is C96H70N4. The molecule has 17 aromatic rings. The number of hydrogen-bond donors (Lipinski definition) is 0. The largest absolute Gasteiger partial charge is 0.310 e. The molecule has 0 saturated carbocycles. The predicted molar refractivity (Wildman–Crippen MR) is 421 cm³/mol. The minimum absolute atomic E-state index is 0.142. The van der Waals surface area contributed by atoms with Crippen LogP contribution in [-0.2, 0) is 10.8 Å². The molecule has 0 bridgehead atoms. The maximum Gasteiger partial charge on any atom is 0.0541 e. The molecule has 15 aromatic carbocycles. The standard InChI is InChI=1S/C96H70N4/c1-95(2)87-29-15-10-24-79(87)81-58-55-75(61-89(81)95)97(71-47-51-73(52-48-71)99-91-30-16-11-25-83(91)84-26-12-17-31-92(84)99)70-45-40-66(41-46-70)64-34-36-67(37-35-64)77-22-8-9-23-78(77)68-42-57-80-82-59-56-76(62-90(82)96(3,4)88(80)60-68)98(69-43-38-65(39-44-69)63-20-6-5-7-21-63)72-49-53-74(54-50-72)100-93-32-18-13-27-85(93)86-28-14-19-33-94(86)100/h5-62H,1-4H3. The highest BCUT2D eigenvalue weighted by Crippen LogP contribution is 2.54. The molecule has 474 valence electrons. The molecule has 0 atom stereocenters. The second kappa shape index (κ2) is 23.1. The van der Waals surface area contributed by atoms with Crippen LogP contribution in [-0.4, -0.2) is 9.13 Å². The van der Waals surface area contributed by atoms with E-state index < -0.39 is 0 Å². The first-order chi connectivity index (χ1) is 49.1. The number of para-hydroxylation sites is 4. The zero-order valence-electron chi connectivity index (χ0n) is 56.3. The molecule has 4 nitrogen and oxygen atoms in total. The molecule has 4 heteroatoms. The third-order valence-corrected chi connectivity index (χ3v) is 21.8. The number of hydrogen-bond acceptors (Lipinski definition) is 2. The van der Waals surface area contributed by atoms with Crippen LogP contribution in [0.15, 0.2) is 352 Å². The van der Waals surface area contributed by atoms with Gasteiger partial charge in [0.05, 0.1) is 22.1 Å². The van der Waals surface area contributed by atoms with Gasteiger partial charge in [-0.15, -0.1) is 0 Å². The molecule has 2 aliphatic rings. The summed E-state index contributed by atoms with van der Waals surface area (Å²) in [6.45, 7) is 9.53. The van der Waals surface area contributed by atoms with Crippen molar-refractivity contribution in [1.82, 2.24) is 9.13 Å². The Labute approximate surface area is 583 Å². The van der Waals surface area contributed by atoms with Crippen LogP contribution in [0.5, 0.6) is 0 Å². The number of aromatic nitrogens is 2. The second-order valence-corrected chi connectivity index (χ2v) is 28.0. The fourth-order valence-electron chi connectivity index (χ4n) is 16.7. The molecule has 2 aliphatic carbocycles. The summed E-state index contributed by atoms with van der Waals surface area (Å²) in [5.41, 5.74) is 33.4. The summed E-state index contributed by atoms with van der Waals surface area (Å²) in [7, 11) is 0. The maximum absolute atomic E-state index is 2.46. The Balaban J connectivity index is 0.626. The van der Waals surface area contributed by atoms with E-state index in [1.165, 1.54) is 127 Å². The summed E-state index contributed by atoms with van der Waals surface area (Å²) in [6.07, 6.45) is 0. The number of rotatable bonds is 12. The van der Waals surface area contributed by atoms with Gasteiger partial charge in [0.15, 0.2) is 0 Å². The van der Waals surface area contributed by atoms with Crippen LogP contribution in [0.25, 0.3) is 122 Å². The van der Waals surface area contributed by atoms with Gasteiger partial charge >= 0.3 is 0 Å². The Kier molecular flexibility index (Phi) is 13.6. The minimum Gasteiger partial charge on any atom is -0.310 e. The van der Waals surface area contributed by atoms with Crippen LogP contribution in [0.3, 0.4) is 0 Å². The summed E-state index contributed by atoms with van der Waals surface area (Å²) in [6, 6.07) is 130. The molecule has 0 N–H and O–H groups in total. The Bertz CT molecular complexity index is 5940. The van der Waals surface area contributed by atoms with E-state index >= 15 is 0 Å². The summed E-state index contributed by atoms with van der Waals surface area (Å²) >= 11 is 0. The van der Waals surface area contributed by atoms with Crippen LogP contribution < -0.4 is 9.80 Å². The van der Waals surface area contributed by atoms with E-state index in [2.05, 4.69) is 398 Å². The Morgan fingerprint density at radius 2 is 0.480 bits per heavy atom. The van der Waals surface area contributed by atoms with Crippen molar-refractivity contribution < 1.29 is 0 Å². The van der Waals surface area contributed by atoms with Crippen LogP contribution >= 0.6 is 0 Å². The van der Waals surface area contributed by atoms with Crippen LogP contribution in [0.1, 0.15) is 49.9 Å². The molecule has 2 heterocycles. The van der Waals surface area contributed by atoms with Crippen LogP contribution in [0, 0.1) is 0 Å². The molecular weight excluding hydrogens is 1210 g/mol. The van der Waals surface area contributed by atoms with Gasteiger partial charge in [-0.3, -0.25) is 0 Å². The van der Waals surface area contributed by atoms with E-state index in [0.717, 1.165) is 51.1 Å². The van der Waals surface area contributed by atoms with Gasteiger partial charge in [-0.05, 0) is 216 Å². The van der Waals surface area contributed by atoms with Crippen molar-refractivity contribution in [2.24, 2.45) is 0 Å². The first kappa shape index (κ1) is 58.8. The highest BCUT2D eigenvalue weighted by molar-refractivity contribution is 6.10. The van der Waals surface area contributed by atoms with Gasteiger partial charge in [0.1, 0.15) is 0 Å². The molecule has 0 radical (unpaired) electrons. The minimum atomic E-state index is -0.285. The molecule has 0 unspecified atom stereocenters. The lowest BCUT2D eigenvalue weighted by Crippen LogP contribution is -2.16. The topological polar surface area (TPSA) is 16.3 Å². The second-order valence-electron chi connectivity index (χ2n) is 28.0. The van der Waals surface area contributed by atoms with Crippen molar-refractivity contribution in [2.45, 2.75) is 38.5 Å². The van der Waals surface area contributed by atoms with Crippen molar-refractivity contribution in [3.63, 3.8) is 0 Å². The van der Waals surface area contributed by atoms with Gasteiger partial charge in [-0.1, -0.05) is 252 Å². The van der Waals surface area contributed by atoms with Gasteiger partial charge in [0, 0.05) is 77.9 Å². The van der Waals surface area contributed by atoms with E-state index in [0.29, 0.717) is 0 Å². The molecule has 0 aliphatic heterocycles. The predicted octanol–water partition coefficient (Wildman–Crippen LogP) is 26.1. The van der Waals surface area contributed by atoms with E-state index in [1.807, 2.05) is 0 Å². The Morgan fingerprint density at radius 3 is 0.920 bits per heavy atom. The molecule has 19 rings (SSSR count). The molecule has 100 heavy (non-hydrogen) atoms. The summed E-state index contributed by atoms with van der Waals surface area (Å²) in [4.78, 5) is 4.84. The lowest BCUT2D eigenvalue weighted by Gasteiger charge is -2.28. The lowest BCUT2D eigenvalue weighted by molar-refractivity contribution is 0.660. The van der Waals surface area contributed by atoms with E-state index in [-0.39, 0.29) is 10.8 Å². The van der Waals surface area contributed by atoms with Crippen molar-refractivity contribution in [2.75, 3.05) is 9.80 Å². The zero-order valence-corrected chi connectivity index (χ0v) is 56.3. The Morgan fingerprint density at radius 1 is 0.200 bits per heavy atom. The number of nitrogens with zero attached hydrogens (tertiary/aromatic N) is 4. The normalized spacial score (nSPS) is 13.2. The van der Waals surface area contributed by atoms with Gasteiger partial charge < -0.3 is 18.9 Å². The maximum atomic E-state index is 2.46. The van der Waals surface area contributed by atoms with Gasteiger partial charge in [-0.25, -0.2) is 0 Å². The summed E-state index contributed by atoms with van der Waals surface area (Å²) < 4.78 is 4.78. The van der Waals surface area contributed by atoms with E-state index in [9.17, 15) is 0 Å². The number of fused-ring (bicyclic) bond motifs is 12. The fraction of sp³-hybridized carbons (Fsp3) is 0.0625. The van der Waals surface area contributed by atoms with Crippen molar-refractivity contribution >= 4 is 77.7 Å². The average Bonchev–Trinajstić information content (AvgIpc) is 1.58. The number of anilines is 6. The van der Waals surface area contributed by atoms with Crippen LogP contribution in [0.2, 0.25) is 0 Å².